The Hall–Kier alpha value is -12.0. The Morgan fingerprint density at radius 1 is 0.505 bits per heavy atom. The monoisotopic (exact) mass is 1250 g/mol. The van der Waals surface area contributed by atoms with E-state index in [2.05, 4.69) is 51.6 Å². The van der Waals surface area contributed by atoms with Crippen molar-refractivity contribution in [2.45, 2.75) is 45.7 Å². The van der Waals surface area contributed by atoms with E-state index in [1.54, 1.807) is 67.2 Å². The van der Waals surface area contributed by atoms with Crippen LogP contribution in [-0.2, 0) is 46.4 Å². The first-order valence-electron chi connectivity index (χ1n) is 29.8. The van der Waals surface area contributed by atoms with E-state index in [-0.39, 0.29) is 40.5 Å². The number of fused-ring (bicyclic) bond motifs is 4. The summed E-state index contributed by atoms with van der Waals surface area (Å²) in [7, 11) is 3.81. The predicted octanol–water partition coefficient (Wildman–Crippen LogP) is 11.5. The minimum Gasteiger partial charge on any atom is -0.478 e. The molecule has 6 aromatic heterocycles. The number of aryl methyl sites for hydroxylation is 2. The summed E-state index contributed by atoms with van der Waals surface area (Å²) in [6.45, 7) is 4.43. The van der Waals surface area contributed by atoms with Crippen molar-refractivity contribution in [1.29, 1.82) is 0 Å². The van der Waals surface area contributed by atoms with E-state index in [1.807, 2.05) is 131 Å². The number of carboxylic acid groups (broad SMARTS) is 2. The van der Waals surface area contributed by atoms with Gasteiger partial charge in [0.1, 0.15) is 17.5 Å². The maximum absolute atomic E-state index is 13.4. The molecule has 11 aromatic rings. The van der Waals surface area contributed by atoms with E-state index < -0.39 is 23.7 Å². The number of likely N-dealkylation sites (N-methyl/N-ethyl adjacent to an activating group) is 1. The van der Waals surface area contributed by atoms with Crippen LogP contribution in [0.1, 0.15) is 75.7 Å². The number of anilines is 3. The van der Waals surface area contributed by atoms with Crippen LogP contribution in [0.25, 0.3) is 67.9 Å². The highest BCUT2D eigenvalue weighted by molar-refractivity contribution is 6.06. The zero-order chi connectivity index (χ0) is 65.4. The number of amides is 4. The lowest BCUT2D eigenvalue weighted by Crippen LogP contribution is -2.19. The van der Waals surface area contributed by atoms with Crippen molar-refractivity contribution < 1.29 is 43.4 Å². The van der Waals surface area contributed by atoms with E-state index in [0.717, 1.165) is 109 Å². The van der Waals surface area contributed by atoms with Crippen molar-refractivity contribution in [3.05, 3.63) is 222 Å². The summed E-state index contributed by atoms with van der Waals surface area (Å²) in [6, 6.07) is 36.6. The average Bonchev–Trinajstić information content (AvgIpc) is 1.73. The highest BCUT2D eigenvalue weighted by Crippen LogP contribution is 2.33. The molecule has 93 heavy (non-hydrogen) atoms. The van der Waals surface area contributed by atoms with Gasteiger partial charge in [0.15, 0.2) is 5.69 Å². The van der Waals surface area contributed by atoms with Crippen LogP contribution in [0.4, 0.5) is 21.7 Å². The van der Waals surface area contributed by atoms with Crippen molar-refractivity contribution in [3.8, 4) is 0 Å². The van der Waals surface area contributed by atoms with Crippen LogP contribution in [0.15, 0.2) is 183 Å². The van der Waals surface area contributed by atoms with Crippen LogP contribution in [0, 0.1) is 17.7 Å². The van der Waals surface area contributed by atoms with E-state index in [0.29, 0.717) is 12.4 Å². The lowest BCUT2D eigenvalue weighted by atomic mass is 10.1. The number of carbonyl (C=O) groups excluding carboxylic acids is 4. The van der Waals surface area contributed by atoms with Crippen molar-refractivity contribution in [3.63, 3.8) is 0 Å². The van der Waals surface area contributed by atoms with Gasteiger partial charge in [-0.25, -0.2) is 23.9 Å². The molecule has 5 aromatic carbocycles. The number of rotatable bonds is 18. The van der Waals surface area contributed by atoms with Crippen molar-refractivity contribution in [2.75, 3.05) is 22.5 Å². The molecule has 0 atom stereocenters. The van der Waals surface area contributed by atoms with Gasteiger partial charge in [0.05, 0.1) is 58.1 Å². The molecule has 470 valence electrons. The molecular formula is C70H65FN14O8. The summed E-state index contributed by atoms with van der Waals surface area (Å²) in [5, 5.41) is 49.8. The van der Waals surface area contributed by atoms with E-state index in [4.69, 9.17) is 10.2 Å². The average molecular weight is 1250 g/mol. The molecule has 0 spiro atoms. The van der Waals surface area contributed by atoms with Gasteiger partial charge < -0.3 is 31.5 Å². The van der Waals surface area contributed by atoms with Crippen molar-refractivity contribution in [1.82, 2.24) is 54.4 Å². The molecule has 0 bridgehead atoms. The molecule has 6 heterocycles. The molecule has 4 amide bonds. The Morgan fingerprint density at radius 2 is 0.957 bits per heavy atom. The third-order valence-electron chi connectivity index (χ3n) is 14.8. The third kappa shape index (κ3) is 18.1. The molecule has 13 rings (SSSR count). The smallest absolute Gasteiger partial charge is 0.354 e. The second-order valence-electron chi connectivity index (χ2n) is 22.0. The van der Waals surface area contributed by atoms with Crippen molar-refractivity contribution >= 4 is 121 Å². The maximum atomic E-state index is 13.4. The molecule has 0 saturated heterocycles. The number of nitrogens with one attached hydrogen (secondary N) is 4. The molecule has 23 heteroatoms. The summed E-state index contributed by atoms with van der Waals surface area (Å²) in [6.07, 6.45) is 26.6. The molecule has 2 aliphatic carbocycles. The second-order valence-corrected chi connectivity index (χ2v) is 22.0. The highest BCUT2D eigenvalue weighted by atomic mass is 19.1. The fourth-order valence-corrected chi connectivity index (χ4v) is 9.67. The number of pyridine rings is 2. The quantitative estimate of drug-likeness (QED) is 0.0436. The zero-order valence-corrected chi connectivity index (χ0v) is 50.9. The summed E-state index contributed by atoms with van der Waals surface area (Å²) in [5.41, 5.74) is 7.56. The summed E-state index contributed by atoms with van der Waals surface area (Å²) < 4.78 is 21.1. The lowest BCUT2D eigenvalue weighted by molar-refractivity contribution is -0.116. The fraction of sp³-hybridized carbons (Fsp3) is 0.171. The molecule has 6 N–H and O–H groups in total. The first-order valence-corrected chi connectivity index (χ1v) is 29.8. The number of aromatic nitrogens is 10. The van der Waals surface area contributed by atoms with Gasteiger partial charge in [0.2, 0.25) is 23.6 Å². The molecule has 0 radical (unpaired) electrons. The van der Waals surface area contributed by atoms with E-state index in [1.165, 1.54) is 56.0 Å². The van der Waals surface area contributed by atoms with Gasteiger partial charge in [-0.05, 0) is 182 Å². The Bertz CT molecular complexity index is 4690. The summed E-state index contributed by atoms with van der Waals surface area (Å²) in [4.78, 5) is 77.3. The molecule has 0 aliphatic heterocycles. The number of aromatic carboxylic acids is 2. The van der Waals surface area contributed by atoms with Gasteiger partial charge in [-0.15, -0.1) is 0 Å². The number of halogens is 1. The van der Waals surface area contributed by atoms with E-state index in [9.17, 15) is 33.2 Å². The minimum absolute atomic E-state index is 0.0706. The standard InChI is InChI=1S/C21H18FN3O3.C20H18N4O3.C16H14N4O.C13H15N3O/c22-16-5-6-17(21(27)28)18(10-16)24-20(26)8-4-13-3-7-19-15(9-13)11-23-25(19)12-14-1-2-14;25-19(23-18-3-1-2-16(22-18)20(26)27)9-7-13-6-8-17-15(10-13)11-21-24(17)12-14-4-5-14;1-20-14-7-5-12(10-13(14)11-18-20)6-8-16(21)19-15-4-2-3-9-17-15;1-3-14-13(17)7-5-10-4-6-12-11(8-10)9-15-16(12)2/h3-11,14H,1-2,12H2,(H,24,26)(H,27,28);1-3,6-11,14H,4-5,12H2,(H,26,27)(H,22,23,25);2-11H,1H3,(H,17,19,21);4-9H,3H2,1-2H3,(H,14,17)/b8-4+;9-7+;8-6+;7-5+. The van der Waals surface area contributed by atoms with Crippen LogP contribution in [-0.4, -0.2) is 101 Å². The number of carbonyl (C=O) groups is 6. The molecule has 22 nitrogen and oxygen atoms in total. The molecule has 0 unspecified atom stereocenters. The Morgan fingerprint density at radius 3 is 1.42 bits per heavy atom. The van der Waals surface area contributed by atoms with Gasteiger partial charge in [-0.3, -0.25) is 37.9 Å². The van der Waals surface area contributed by atoms with Crippen molar-refractivity contribution in [2.24, 2.45) is 25.9 Å². The molecule has 2 saturated carbocycles. The SMILES string of the molecule is CCNC(=O)/C=C/c1ccc2c(cnn2C)c1.Cn1ncc2cc(/C=C/C(=O)Nc3ccccn3)ccc21.O=C(/C=C/c1ccc2c(cnn2CC2CC2)c1)Nc1cc(F)ccc1C(=O)O.O=C(/C=C/c1ccc2c(cnn2CC2CC2)c1)Nc1cccc(C(=O)O)n1. The topological polar surface area (TPSA) is 288 Å². The van der Waals surface area contributed by atoms with Crippen LogP contribution in [0.5, 0.6) is 0 Å². The van der Waals surface area contributed by atoms with Gasteiger partial charge in [-0.1, -0.05) is 36.4 Å². The first kappa shape index (κ1) is 64.0. The van der Waals surface area contributed by atoms with Gasteiger partial charge in [-0.2, -0.15) is 20.4 Å². The number of nitrogens with zero attached hydrogens (tertiary/aromatic N) is 10. The normalized spacial score (nSPS) is 12.8. The lowest BCUT2D eigenvalue weighted by Gasteiger charge is -2.06. The van der Waals surface area contributed by atoms with Crippen LogP contribution < -0.4 is 21.3 Å². The van der Waals surface area contributed by atoms with E-state index >= 15 is 0 Å². The largest absolute Gasteiger partial charge is 0.478 e. The van der Waals surface area contributed by atoms with Gasteiger partial charge >= 0.3 is 11.9 Å². The predicted molar refractivity (Wildman–Crippen MR) is 356 cm³/mol. The van der Waals surface area contributed by atoms with Gasteiger partial charge in [0, 0.05) is 85.8 Å². The number of benzene rings is 5. The Balaban J connectivity index is 0.000000138. The molecule has 2 aliphatic rings. The number of hydrogen-bond acceptors (Lipinski definition) is 12. The highest BCUT2D eigenvalue weighted by Gasteiger charge is 2.24. The Labute approximate surface area is 532 Å². The number of hydrogen-bond donors (Lipinski definition) is 6. The third-order valence-corrected chi connectivity index (χ3v) is 14.8. The molecule has 2 fully saturated rings. The van der Waals surface area contributed by atoms with Crippen LogP contribution in [0.3, 0.4) is 0 Å². The second kappa shape index (κ2) is 30.0. The maximum Gasteiger partial charge on any atom is 0.354 e. The van der Waals surface area contributed by atoms with Gasteiger partial charge in [0.25, 0.3) is 0 Å². The summed E-state index contributed by atoms with van der Waals surface area (Å²) in [5.74, 6) is -2.00. The summed E-state index contributed by atoms with van der Waals surface area (Å²) >= 11 is 0. The molecular weight excluding hydrogens is 1180 g/mol. The fourth-order valence-electron chi connectivity index (χ4n) is 9.67. The number of carboxylic acids is 2. The zero-order valence-electron chi connectivity index (χ0n) is 50.9. The van der Waals surface area contributed by atoms with Crippen LogP contribution >= 0.6 is 0 Å². The van der Waals surface area contributed by atoms with Crippen LogP contribution in [0.2, 0.25) is 0 Å². The Kier molecular flexibility index (Phi) is 20.6. The minimum atomic E-state index is -1.24. The first-order chi connectivity index (χ1) is 45.0.